The number of hydrogen-bond acceptors (Lipinski definition) is 8. The standard InChI is InChI=1S/C27H32N4O6S2.C2HF3O2/c1-18-13-14-20-9-5-6-10-21(20)22(18)15-30-24-11-7-8-12-25(24)31(39(36,37)17-38(4,34)35)16-23(27(30)33)29-26(32)19(2)28-3;3-2(4,5)1(6)7/h5-14,19,23,28H,15-17H2,1-4H3,(H,29,32);(H,6,7)/t19-,23-;/m0./s1. The Hall–Kier alpha value is -4.22. The third-order valence-corrected chi connectivity index (χ3v) is 11.0. The first-order chi connectivity index (χ1) is 21.3. The molecule has 2 amide bonds. The molecule has 1 heterocycles. The third kappa shape index (κ3) is 8.73. The van der Waals surface area contributed by atoms with Crippen molar-refractivity contribution in [1.29, 1.82) is 0 Å². The highest BCUT2D eigenvalue weighted by molar-refractivity contribution is 8.08. The summed E-state index contributed by atoms with van der Waals surface area (Å²) in [5.74, 6) is -3.76. The number of anilines is 2. The van der Waals surface area contributed by atoms with Crippen LogP contribution in [0, 0.1) is 6.92 Å². The smallest absolute Gasteiger partial charge is 0.475 e. The molecule has 0 bridgehead atoms. The summed E-state index contributed by atoms with van der Waals surface area (Å²) in [5.41, 5.74) is 2.27. The molecule has 46 heavy (non-hydrogen) atoms. The van der Waals surface area contributed by atoms with E-state index in [4.69, 9.17) is 9.90 Å². The number of aliphatic carboxylic acids is 1. The second-order valence-electron chi connectivity index (χ2n) is 10.6. The molecule has 3 aromatic rings. The van der Waals surface area contributed by atoms with E-state index < -0.39 is 67.5 Å². The van der Waals surface area contributed by atoms with Crippen molar-refractivity contribution in [2.45, 2.75) is 38.7 Å². The van der Waals surface area contributed by atoms with Gasteiger partial charge in [-0.05, 0) is 54.9 Å². The minimum absolute atomic E-state index is 0.108. The Labute approximate surface area is 264 Å². The van der Waals surface area contributed by atoms with Crippen LogP contribution < -0.4 is 19.8 Å². The van der Waals surface area contributed by atoms with Crippen LogP contribution in [0.2, 0.25) is 0 Å². The van der Waals surface area contributed by atoms with E-state index in [0.29, 0.717) is 5.69 Å². The summed E-state index contributed by atoms with van der Waals surface area (Å²) in [6, 6.07) is 16.2. The van der Waals surface area contributed by atoms with Crippen molar-refractivity contribution in [2.75, 3.05) is 34.1 Å². The zero-order valence-electron chi connectivity index (χ0n) is 25.2. The highest BCUT2D eigenvalue weighted by Crippen LogP contribution is 2.37. The van der Waals surface area contributed by atoms with Crippen LogP contribution in [0.3, 0.4) is 0 Å². The molecular weight excluding hydrogens is 653 g/mol. The Bertz CT molecular complexity index is 1850. The lowest BCUT2D eigenvalue weighted by atomic mass is 9.99. The number of nitrogens with zero attached hydrogens (tertiary/aromatic N) is 2. The molecule has 250 valence electrons. The number of aryl methyl sites for hydroxylation is 1. The summed E-state index contributed by atoms with van der Waals surface area (Å²) in [4.78, 5) is 37.3. The summed E-state index contributed by atoms with van der Waals surface area (Å²) in [6.45, 7) is 3.20. The number of rotatable bonds is 8. The van der Waals surface area contributed by atoms with Crippen LogP contribution in [0.4, 0.5) is 24.5 Å². The van der Waals surface area contributed by atoms with Crippen molar-refractivity contribution in [1.82, 2.24) is 10.6 Å². The number of sulfonamides is 1. The number of alkyl halides is 3. The number of halogens is 3. The first-order valence-electron chi connectivity index (χ1n) is 13.6. The molecule has 0 aliphatic carbocycles. The number of sulfone groups is 1. The van der Waals surface area contributed by atoms with Gasteiger partial charge in [-0.15, -0.1) is 0 Å². The van der Waals surface area contributed by atoms with E-state index in [-0.39, 0.29) is 12.2 Å². The monoisotopic (exact) mass is 686 g/mol. The minimum Gasteiger partial charge on any atom is -0.475 e. The normalized spacial score (nSPS) is 16.2. The average Bonchev–Trinajstić information content (AvgIpc) is 3.07. The molecule has 0 fully saturated rings. The number of carboxylic acids is 1. The molecular formula is C29H33F3N4O8S2. The molecule has 3 aromatic carbocycles. The van der Waals surface area contributed by atoms with Crippen molar-refractivity contribution in [3.63, 3.8) is 0 Å². The molecule has 0 saturated heterocycles. The van der Waals surface area contributed by atoms with Crippen LogP contribution in [0.5, 0.6) is 0 Å². The highest BCUT2D eigenvalue weighted by atomic mass is 32.3. The number of amides is 2. The van der Waals surface area contributed by atoms with Gasteiger partial charge in [0.15, 0.2) is 14.9 Å². The predicted molar refractivity (Wildman–Crippen MR) is 166 cm³/mol. The maximum atomic E-state index is 14.1. The molecule has 4 rings (SSSR count). The van der Waals surface area contributed by atoms with Gasteiger partial charge in [-0.25, -0.2) is 21.6 Å². The molecule has 1 aliphatic heterocycles. The SMILES string of the molecule is CN[C@@H](C)C(=O)N[C@H]1CN(S(=O)(=O)CS(C)(=O)=O)c2ccccc2N(Cc2c(C)ccc3ccccc23)C1=O.O=C(O)C(F)(F)F. The van der Waals surface area contributed by atoms with Crippen LogP contribution in [0.1, 0.15) is 18.1 Å². The van der Waals surface area contributed by atoms with Gasteiger partial charge in [-0.3, -0.25) is 13.9 Å². The lowest BCUT2D eigenvalue weighted by molar-refractivity contribution is -0.192. The quantitative estimate of drug-likeness (QED) is 0.322. The van der Waals surface area contributed by atoms with Crippen molar-refractivity contribution >= 4 is 59.8 Å². The molecule has 0 unspecified atom stereocenters. The Morgan fingerprint density at radius 3 is 2.13 bits per heavy atom. The van der Waals surface area contributed by atoms with Gasteiger partial charge >= 0.3 is 12.1 Å². The van der Waals surface area contributed by atoms with Gasteiger partial charge in [-0.2, -0.15) is 13.2 Å². The number of nitrogens with one attached hydrogen (secondary N) is 2. The van der Waals surface area contributed by atoms with E-state index in [2.05, 4.69) is 10.6 Å². The molecule has 2 atom stereocenters. The topological polar surface area (TPSA) is 170 Å². The summed E-state index contributed by atoms with van der Waals surface area (Å²) in [6.07, 6.45) is -4.25. The van der Waals surface area contributed by atoms with E-state index in [1.807, 2.05) is 43.3 Å². The van der Waals surface area contributed by atoms with Crippen LogP contribution in [-0.4, -0.2) is 82.9 Å². The second kappa shape index (κ2) is 14.0. The van der Waals surface area contributed by atoms with E-state index in [1.165, 1.54) is 11.0 Å². The second-order valence-corrected chi connectivity index (χ2v) is 15.0. The van der Waals surface area contributed by atoms with Crippen molar-refractivity contribution in [3.8, 4) is 0 Å². The number of carbonyl (C=O) groups excluding carboxylic acids is 2. The molecule has 17 heteroatoms. The summed E-state index contributed by atoms with van der Waals surface area (Å²) in [7, 11) is -6.78. The largest absolute Gasteiger partial charge is 0.490 e. The number of carbonyl (C=O) groups is 3. The zero-order valence-corrected chi connectivity index (χ0v) is 26.8. The fraction of sp³-hybridized carbons (Fsp3) is 0.345. The Morgan fingerprint density at radius 2 is 1.57 bits per heavy atom. The fourth-order valence-corrected chi connectivity index (χ4v) is 8.16. The predicted octanol–water partition coefficient (Wildman–Crippen LogP) is 2.56. The van der Waals surface area contributed by atoms with Gasteiger partial charge in [0.25, 0.3) is 5.91 Å². The van der Waals surface area contributed by atoms with Gasteiger partial charge in [-0.1, -0.05) is 48.5 Å². The number of likely N-dealkylation sites (N-methyl/N-ethyl adjacent to an activating group) is 1. The fourth-order valence-electron chi connectivity index (χ4n) is 4.66. The van der Waals surface area contributed by atoms with Gasteiger partial charge in [0.05, 0.1) is 30.5 Å². The Kier molecular flexibility index (Phi) is 11.1. The number of carboxylic acid groups (broad SMARTS) is 1. The summed E-state index contributed by atoms with van der Waals surface area (Å²) >= 11 is 0. The molecule has 0 spiro atoms. The van der Waals surface area contributed by atoms with Crippen molar-refractivity contribution in [2.24, 2.45) is 0 Å². The third-order valence-electron chi connectivity index (χ3n) is 7.03. The van der Waals surface area contributed by atoms with E-state index in [1.54, 1.807) is 32.2 Å². The van der Waals surface area contributed by atoms with Crippen LogP contribution in [0.15, 0.2) is 60.7 Å². The maximum Gasteiger partial charge on any atom is 0.490 e. The van der Waals surface area contributed by atoms with Crippen molar-refractivity contribution < 1.29 is 49.5 Å². The first kappa shape index (κ1) is 36.3. The number of hydrogen-bond donors (Lipinski definition) is 3. The molecule has 12 nitrogen and oxygen atoms in total. The Balaban J connectivity index is 0.000000738. The number of benzene rings is 3. The summed E-state index contributed by atoms with van der Waals surface area (Å²) in [5, 5.41) is 13.4. The maximum absolute atomic E-state index is 14.1. The average molecular weight is 687 g/mol. The number of para-hydroxylation sites is 2. The lowest BCUT2D eigenvalue weighted by Gasteiger charge is -2.27. The van der Waals surface area contributed by atoms with Crippen LogP contribution in [-0.2, 0) is 40.8 Å². The Morgan fingerprint density at radius 1 is 1.00 bits per heavy atom. The molecule has 0 aromatic heterocycles. The summed E-state index contributed by atoms with van der Waals surface area (Å²) < 4.78 is 83.6. The van der Waals surface area contributed by atoms with E-state index in [9.17, 15) is 39.6 Å². The lowest BCUT2D eigenvalue weighted by Crippen LogP contribution is -2.56. The first-order valence-corrected chi connectivity index (χ1v) is 17.3. The highest BCUT2D eigenvalue weighted by Gasteiger charge is 2.40. The minimum atomic E-state index is -5.08. The van der Waals surface area contributed by atoms with Crippen molar-refractivity contribution in [3.05, 3.63) is 71.8 Å². The molecule has 1 aliphatic rings. The number of fused-ring (bicyclic) bond motifs is 2. The van der Waals surface area contributed by atoms with E-state index >= 15 is 0 Å². The van der Waals surface area contributed by atoms with Crippen LogP contribution >= 0.6 is 0 Å². The zero-order chi connectivity index (χ0) is 34.6. The molecule has 0 radical (unpaired) electrons. The molecule has 0 saturated carbocycles. The van der Waals surface area contributed by atoms with Gasteiger partial charge in [0.1, 0.15) is 6.04 Å². The van der Waals surface area contributed by atoms with Gasteiger partial charge < -0.3 is 20.6 Å². The molecule has 3 N–H and O–H groups in total. The van der Waals surface area contributed by atoms with E-state index in [0.717, 1.165) is 32.5 Å². The van der Waals surface area contributed by atoms with Crippen LogP contribution in [0.25, 0.3) is 10.8 Å². The van der Waals surface area contributed by atoms with Gasteiger partial charge in [0.2, 0.25) is 15.9 Å². The van der Waals surface area contributed by atoms with Gasteiger partial charge in [0, 0.05) is 6.26 Å².